The van der Waals surface area contributed by atoms with Crippen molar-refractivity contribution in [3.8, 4) is 17.1 Å². The van der Waals surface area contributed by atoms with E-state index in [1.165, 1.54) is 10.8 Å². The molecule has 0 saturated carbocycles. The average Bonchev–Trinajstić information content (AvgIpc) is 3.19. The summed E-state index contributed by atoms with van der Waals surface area (Å²) in [6.07, 6.45) is 7.11. The molecule has 5 rings (SSSR count). The van der Waals surface area contributed by atoms with Crippen molar-refractivity contribution in [2.45, 2.75) is 6.92 Å². The molecule has 3 aromatic carbocycles. The second kappa shape index (κ2) is 8.40. The Morgan fingerprint density at radius 1 is 0.844 bits per heavy atom. The highest BCUT2D eigenvalue weighted by Crippen LogP contribution is 2.37. The van der Waals surface area contributed by atoms with Crippen LogP contribution in [0.3, 0.4) is 0 Å². The fourth-order valence-corrected chi connectivity index (χ4v) is 4.09. The van der Waals surface area contributed by atoms with E-state index in [2.05, 4.69) is 79.8 Å². The fraction of sp³-hybridized carbons (Fsp3) is 0.0370. The summed E-state index contributed by atoms with van der Waals surface area (Å²) in [6, 6.07) is 24.7. The zero-order chi connectivity index (χ0) is 21.9. The second-order valence-electron chi connectivity index (χ2n) is 7.24. The molecule has 32 heavy (non-hydrogen) atoms. The van der Waals surface area contributed by atoms with Crippen LogP contribution in [0.2, 0.25) is 0 Å². The molecule has 2 heterocycles. The van der Waals surface area contributed by atoms with Crippen molar-refractivity contribution in [2.75, 3.05) is 0 Å². The highest BCUT2D eigenvalue weighted by atomic mass is 15.0. The number of fused-ring (bicyclic) bond motifs is 3. The third kappa shape index (κ3) is 3.20. The molecule has 0 unspecified atom stereocenters. The first kappa shape index (κ1) is 19.6. The number of allylic oxidation sites excluding steroid dienone is 1. The highest BCUT2D eigenvalue weighted by Gasteiger charge is 2.21. The number of aliphatic imine (C=N–C) groups is 2. The summed E-state index contributed by atoms with van der Waals surface area (Å²) in [5.74, 6) is 1.18. The third-order valence-electron chi connectivity index (χ3n) is 5.38. The summed E-state index contributed by atoms with van der Waals surface area (Å²) in [5, 5.41) is 2.35. The fourth-order valence-electron chi connectivity index (χ4n) is 4.09. The number of nitrogens with zero attached hydrogens (tertiary/aromatic N) is 5. The Morgan fingerprint density at radius 3 is 2.12 bits per heavy atom. The third-order valence-corrected chi connectivity index (χ3v) is 5.38. The second-order valence-corrected chi connectivity index (χ2v) is 7.24. The lowest BCUT2D eigenvalue weighted by atomic mass is 10.0. The Balaban J connectivity index is 1.97. The summed E-state index contributed by atoms with van der Waals surface area (Å²) in [4.78, 5) is 17.9. The van der Waals surface area contributed by atoms with Crippen molar-refractivity contribution in [3.05, 3.63) is 103 Å². The zero-order valence-corrected chi connectivity index (χ0v) is 17.7. The highest BCUT2D eigenvalue weighted by molar-refractivity contribution is 6.12. The van der Waals surface area contributed by atoms with Crippen LogP contribution in [0.4, 0.5) is 0 Å². The van der Waals surface area contributed by atoms with Gasteiger partial charge in [-0.2, -0.15) is 0 Å². The molecule has 0 N–H and O–H groups in total. The van der Waals surface area contributed by atoms with Crippen LogP contribution in [0.5, 0.6) is 0 Å². The molecule has 5 nitrogen and oxygen atoms in total. The van der Waals surface area contributed by atoms with Gasteiger partial charge in [-0.1, -0.05) is 48.5 Å². The van der Waals surface area contributed by atoms with Crippen LogP contribution in [0.15, 0.2) is 107 Å². The summed E-state index contributed by atoms with van der Waals surface area (Å²) >= 11 is 0. The first-order valence-corrected chi connectivity index (χ1v) is 10.4. The first-order chi connectivity index (χ1) is 15.8. The largest absolute Gasteiger partial charge is 0.308 e. The maximum Gasteiger partial charge on any atom is 0.161 e. The molecule has 0 amide bonds. The number of rotatable bonds is 4. The van der Waals surface area contributed by atoms with Crippen molar-refractivity contribution in [1.82, 2.24) is 14.5 Å². The van der Waals surface area contributed by atoms with Crippen LogP contribution in [0.25, 0.3) is 38.9 Å². The van der Waals surface area contributed by atoms with Gasteiger partial charge in [0.25, 0.3) is 0 Å². The smallest absolute Gasteiger partial charge is 0.161 e. The van der Waals surface area contributed by atoms with E-state index in [4.69, 9.17) is 0 Å². The predicted molar refractivity (Wildman–Crippen MR) is 133 cm³/mol. The quantitative estimate of drug-likeness (QED) is 0.258. The number of benzene rings is 3. The minimum Gasteiger partial charge on any atom is -0.308 e. The molecule has 0 bridgehead atoms. The molecule has 0 fully saturated rings. The predicted octanol–water partition coefficient (Wildman–Crippen LogP) is 6.22. The van der Waals surface area contributed by atoms with E-state index >= 15 is 0 Å². The SMILES string of the molecule is C=NC(=N/C=C\C)c1cccc(-c2ncccn2)c1-n1c2ccccc2c2ccccc21. The molecule has 0 aliphatic heterocycles. The molecule has 5 aromatic rings. The van der Waals surface area contributed by atoms with Crippen LogP contribution in [-0.2, 0) is 0 Å². The van der Waals surface area contributed by atoms with E-state index in [0.717, 1.165) is 27.8 Å². The van der Waals surface area contributed by atoms with Gasteiger partial charge in [0.15, 0.2) is 11.7 Å². The van der Waals surface area contributed by atoms with Crippen LogP contribution >= 0.6 is 0 Å². The normalized spacial score (nSPS) is 12.1. The Bertz CT molecular complexity index is 1440. The minimum absolute atomic E-state index is 0.540. The van der Waals surface area contributed by atoms with Crippen molar-refractivity contribution < 1.29 is 0 Å². The molecule has 0 aliphatic rings. The van der Waals surface area contributed by atoms with Gasteiger partial charge in [0.2, 0.25) is 0 Å². The standard InChI is InChI=1S/C27H21N5/c1-3-16-29-26(28-2)21-12-8-13-22(27-30-17-9-18-31-27)25(21)32-23-14-6-4-10-19(23)20-11-5-7-15-24(20)32/h3-18H,2H2,1H3/b16-3-,29-26?. The van der Waals surface area contributed by atoms with Crippen LogP contribution in [0, 0.1) is 0 Å². The van der Waals surface area contributed by atoms with E-state index in [9.17, 15) is 0 Å². The first-order valence-electron chi connectivity index (χ1n) is 10.4. The van der Waals surface area contributed by atoms with Gasteiger partial charge < -0.3 is 4.57 Å². The lowest BCUT2D eigenvalue weighted by Crippen LogP contribution is -2.08. The van der Waals surface area contributed by atoms with E-state index in [1.807, 2.05) is 37.3 Å². The molecule has 0 spiro atoms. The number of para-hydroxylation sites is 3. The van der Waals surface area contributed by atoms with E-state index in [-0.39, 0.29) is 0 Å². The molecule has 2 aromatic heterocycles. The lowest BCUT2D eigenvalue weighted by Gasteiger charge is -2.17. The maximum absolute atomic E-state index is 4.55. The van der Waals surface area contributed by atoms with E-state index < -0.39 is 0 Å². The molecule has 0 atom stereocenters. The Hall–Kier alpha value is -4.38. The maximum atomic E-state index is 4.55. The average molecular weight is 416 g/mol. The lowest BCUT2D eigenvalue weighted by molar-refractivity contribution is 1.13. The van der Waals surface area contributed by atoms with E-state index in [0.29, 0.717) is 11.7 Å². The van der Waals surface area contributed by atoms with Gasteiger partial charge >= 0.3 is 0 Å². The molecule has 5 heteroatoms. The number of aromatic nitrogens is 3. The molecular formula is C27H21N5. The molecule has 0 aliphatic carbocycles. The topological polar surface area (TPSA) is 55.4 Å². The monoisotopic (exact) mass is 415 g/mol. The van der Waals surface area contributed by atoms with Gasteiger partial charge in [-0.05, 0) is 44.0 Å². The minimum atomic E-state index is 0.540. The summed E-state index contributed by atoms with van der Waals surface area (Å²) < 4.78 is 2.25. The van der Waals surface area contributed by atoms with Gasteiger partial charge in [0.1, 0.15) is 0 Å². The van der Waals surface area contributed by atoms with Crippen molar-refractivity contribution in [3.63, 3.8) is 0 Å². The van der Waals surface area contributed by atoms with Crippen LogP contribution in [-0.4, -0.2) is 27.1 Å². The van der Waals surface area contributed by atoms with Crippen molar-refractivity contribution in [2.24, 2.45) is 9.98 Å². The molecule has 0 saturated heterocycles. The molecule has 0 radical (unpaired) electrons. The zero-order valence-electron chi connectivity index (χ0n) is 17.7. The van der Waals surface area contributed by atoms with Crippen molar-refractivity contribution >= 4 is 34.4 Å². The van der Waals surface area contributed by atoms with Gasteiger partial charge in [0, 0.05) is 40.5 Å². The Morgan fingerprint density at radius 2 is 1.50 bits per heavy atom. The Kier molecular flexibility index (Phi) is 5.14. The van der Waals surface area contributed by atoms with Gasteiger partial charge in [-0.3, -0.25) is 0 Å². The van der Waals surface area contributed by atoms with Crippen LogP contribution < -0.4 is 0 Å². The molecule has 154 valence electrons. The van der Waals surface area contributed by atoms with Gasteiger partial charge in [0.05, 0.1) is 16.7 Å². The summed E-state index contributed by atoms with van der Waals surface area (Å²) in [5.41, 5.74) is 4.85. The summed E-state index contributed by atoms with van der Waals surface area (Å²) in [6.45, 7) is 5.71. The van der Waals surface area contributed by atoms with Gasteiger partial charge in [-0.15, -0.1) is 0 Å². The Labute approximate surface area is 186 Å². The van der Waals surface area contributed by atoms with Crippen molar-refractivity contribution in [1.29, 1.82) is 0 Å². The number of hydrogen-bond acceptors (Lipinski definition) is 3. The van der Waals surface area contributed by atoms with Gasteiger partial charge in [-0.25, -0.2) is 20.0 Å². The summed E-state index contributed by atoms with van der Waals surface area (Å²) in [7, 11) is 0. The number of amidine groups is 1. The van der Waals surface area contributed by atoms with E-state index in [1.54, 1.807) is 18.6 Å². The van der Waals surface area contributed by atoms with Crippen LogP contribution in [0.1, 0.15) is 12.5 Å². The molecular weight excluding hydrogens is 394 g/mol. The number of hydrogen-bond donors (Lipinski definition) is 0.